The number of benzene rings is 1. The van der Waals surface area contributed by atoms with Crippen molar-refractivity contribution >= 4 is 17.2 Å². The van der Waals surface area contributed by atoms with Gasteiger partial charge < -0.3 is 5.32 Å². The zero-order chi connectivity index (χ0) is 16.1. The number of hydrogen-bond acceptors (Lipinski definition) is 3. The van der Waals surface area contributed by atoms with Gasteiger partial charge >= 0.3 is 0 Å². The first-order valence-electron chi connectivity index (χ1n) is 7.99. The van der Waals surface area contributed by atoms with Gasteiger partial charge in [-0.3, -0.25) is 9.69 Å². The molecule has 2 heterocycles. The molecule has 5 heteroatoms. The lowest BCUT2D eigenvalue weighted by atomic mass is 9.96. The second-order valence-corrected chi connectivity index (χ2v) is 7.05. The van der Waals surface area contributed by atoms with E-state index in [-0.39, 0.29) is 11.7 Å². The second-order valence-electron chi connectivity index (χ2n) is 6.02. The number of carbonyl (C=O) groups excluding carboxylic acids is 1. The molecule has 0 aliphatic carbocycles. The maximum Gasteiger partial charge on any atom is 0.251 e. The number of piperidine rings is 1. The van der Waals surface area contributed by atoms with Crippen LogP contribution < -0.4 is 5.32 Å². The fourth-order valence-electron chi connectivity index (χ4n) is 2.91. The normalized spacial score (nSPS) is 16.4. The molecule has 1 saturated heterocycles. The van der Waals surface area contributed by atoms with Gasteiger partial charge in [0.25, 0.3) is 5.91 Å². The minimum Gasteiger partial charge on any atom is -0.352 e. The summed E-state index contributed by atoms with van der Waals surface area (Å²) in [6, 6.07) is 9.95. The van der Waals surface area contributed by atoms with Crippen molar-refractivity contribution in [2.75, 3.05) is 19.6 Å². The number of rotatable bonds is 5. The Labute approximate surface area is 140 Å². The molecule has 1 aliphatic rings. The van der Waals surface area contributed by atoms with Crippen LogP contribution in [-0.4, -0.2) is 30.4 Å². The first kappa shape index (κ1) is 16.1. The van der Waals surface area contributed by atoms with Gasteiger partial charge in [0.05, 0.1) is 0 Å². The Morgan fingerprint density at radius 1 is 1.22 bits per heavy atom. The third kappa shape index (κ3) is 4.62. The molecule has 0 spiro atoms. The molecule has 0 radical (unpaired) electrons. The Hall–Kier alpha value is -1.72. The number of nitrogens with one attached hydrogen (secondary N) is 1. The standard InChI is InChI=1S/C18H21FN2OS/c19-16-5-3-15(4-6-16)18(22)20-12-14-7-9-21(10-8-14)13-17-2-1-11-23-17/h1-6,11,14H,7-10,12-13H2,(H,20,22). The number of carbonyl (C=O) groups is 1. The van der Waals surface area contributed by atoms with Crippen LogP contribution >= 0.6 is 11.3 Å². The van der Waals surface area contributed by atoms with E-state index >= 15 is 0 Å². The van der Waals surface area contributed by atoms with E-state index in [0.717, 1.165) is 32.5 Å². The van der Waals surface area contributed by atoms with Crippen molar-refractivity contribution < 1.29 is 9.18 Å². The average Bonchev–Trinajstić information content (AvgIpc) is 3.07. The maximum atomic E-state index is 12.9. The van der Waals surface area contributed by atoms with E-state index in [9.17, 15) is 9.18 Å². The van der Waals surface area contributed by atoms with Crippen molar-refractivity contribution in [1.29, 1.82) is 0 Å². The second kappa shape index (κ2) is 7.70. The first-order chi connectivity index (χ1) is 11.2. The van der Waals surface area contributed by atoms with Gasteiger partial charge in [0.2, 0.25) is 0 Å². The summed E-state index contributed by atoms with van der Waals surface area (Å²) in [5.74, 6) is 0.0876. The molecule has 122 valence electrons. The summed E-state index contributed by atoms with van der Waals surface area (Å²) in [4.78, 5) is 15.9. The minimum absolute atomic E-state index is 0.119. The number of likely N-dealkylation sites (tertiary alicyclic amines) is 1. The van der Waals surface area contributed by atoms with Gasteiger partial charge in [0.15, 0.2) is 0 Å². The molecule has 0 atom stereocenters. The fraction of sp³-hybridized carbons (Fsp3) is 0.389. The molecule has 3 rings (SSSR count). The van der Waals surface area contributed by atoms with Gasteiger partial charge in [-0.2, -0.15) is 0 Å². The van der Waals surface area contributed by atoms with Crippen LogP contribution in [0.1, 0.15) is 28.1 Å². The SMILES string of the molecule is O=C(NCC1CCN(Cc2cccs2)CC1)c1ccc(F)cc1. The van der Waals surface area contributed by atoms with Crippen LogP contribution in [0, 0.1) is 11.7 Å². The molecular weight excluding hydrogens is 311 g/mol. The lowest BCUT2D eigenvalue weighted by Crippen LogP contribution is -2.38. The van der Waals surface area contributed by atoms with Crippen molar-refractivity contribution in [3.8, 4) is 0 Å². The van der Waals surface area contributed by atoms with Crippen molar-refractivity contribution in [1.82, 2.24) is 10.2 Å². The molecular formula is C18H21FN2OS. The van der Waals surface area contributed by atoms with Crippen LogP contribution in [0.4, 0.5) is 4.39 Å². The quantitative estimate of drug-likeness (QED) is 0.908. The highest BCUT2D eigenvalue weighted by atomic mass is 32.1. The maximum absolute atomic E-state index is 12.9. The van der Waals surface area contributed by atoms with Crippen LogP contribution in [-0.2, 0) is 6.54 Å². The monoisotopic (exact) mass is 332 g/mol. The summed E-state index contributed by atoms with van der Waals surface area (Å²) >= 11 is 1.80. The van der Waals surface area contributed by atoms with Gasteiger partial charge in [-0.25, -0.2) is 4.39 Å². The lowest BCUT2D eigenvalue weighted by molar-refractivity contribution is 0.0935. The molecule has 1 fully saturated rings. The molecule has 0 bridgehead atoms. The summed E-state index contributed by atoms with van der Waals surface area (Å²) in [7, 11) is 0. The van der Waals surface area contributed by atoms with E-state index in [1.54, 1.807) is 11.3 Å². The smallest absolute Gasteiger partial charge is 0.251 e. The van der Waals surface area contributed by atoms with Crippen LogP contribution in [0.3, 0.4) is 0 Å². The highest BCUT2D eigenvalue weighted by Gasteiger charge is 2.20. The van der Waals surface area contributed by atoms with Gasteiger partial charge in [-0.15, -0.1) is 11.3 Å². The minimum atomic E-state index is -0.320. The summed E-state index contributed by atoms with van der Waals surface area (Å²) in [5.41, 5.74) is 0.515. The lowest BCUT2D eigenvalue weighted by Gasteiger charge is -2.31. The van der Waals surface area contributed by atoms with E-state index in [1.807, 2.05) is 0 Å². The average molecular weight is 332 g/mol. The van der Waals surface area contributed by atoms with Crippen molar-refractivity contribution in [3.05, 3.63) is 58.0 Å². The third-order valence-electron chi connectivity index (χ3n) is 4.32. The van der Waals surface area contributed by atoms with Crippen molar-refractivity contribution in [3.63, 3.8) is 0 Å². The molecule has 3 nitrogen and oxygen atoms in total. The summed E-state index contributed by atoms with van der Waals surface area (Å²) in [6.45, 7) is 3.89. The summed E-state index contributed by atoms with van der Waals surface area (Å²) < 4.78 is 12.9. The van der Waals surface area contributed by atoms with E-state index < -0.39 is 0 Å². The van der Waals surface area contributed by atoms with Crippen molar-refractivity contribution in [2.24, 2.45) is 5.92 Å². The van der Waals surface area contributed by atoms with Crippen molar-refractivity contribution in [2.45, 2.75) is 19.4 Å². The first-order valence-corrected chi connectivity index (χ1v) is 8.87. The molecule has 2 aromatic rings. The number of halogens is 1. The Balaban J connectivity index is 1.40. The summed E-state index contributed by atoms with van der Waals surface area (Å²) in [6.07, 6.45) is 2.21. The van der Waals surface area contributed by atoms with E-state index in [2.05, 4.69) is 27.7 Å². The molecule has 1 aromatic carbocycles. The van der Waals surface area contributed by atoms with Crippen LogP contribution in [0.25, 0.3) is 0 Å². The molecule has 23 heavy (non-hydrogen) atoms. The van der Waals surface area contributed by atoms with E-state index in [1.165, 1.54) is 29.1 Å². The molecule has 0 saturated carbocycles. The topological polar surface area (TPSA) is 32.3 Å². The fourth-order valence-corrected chi connectivity index (χ4v) is 3.66. The number of nitrogens with zero attached hydrogens (tertiary/aromatic N) is 1. The van der Waals surface area contributed by atoms with Gasteiger partial charge in [0, 0.05) is 23.5 Å². The highest BCUT2D eigenvalue weighted by molar-refractivity contribution is 7.09. The molecule has 1 aliphatic heterocycles. The van der Waals surface area contributed by atoms with Crippen LogP contribution in [0.5, 0.6) is 0 Å². The zero-order valence-corrected chi connectivity index (χ0v) is 13.8. The zero-order valence-electron chi connectivity index (χ0n) is 13.0. The summed E-state index contributed by atoms with van der Waals surface area (Å²) in [5, 5.41) is 5.09. The highest BCUT2D eigenvalue weighted by Crippen LogP contribution is 2.20. The van der Waals surface area contributed by atoms with Gasteiger partial charge in [-0.05, 0) is 67.6 Å². The molecule has 0 unspecified atom stereocenters. The number of amides is 1. The third-order valence-corrected chi connectivity index (χ3v) is 5.19. The van der Waals surface area contributed by atoms with E-state index in [0.29, 0.717) is 18.0 Å². The molecule has 1 aromatic heterocycles. The predicted molar refractivity (Wildman–Crippen MR) is 91.1 cm³/mol. The number of hydrogen-bond donors (Lipinski definition) is 1. The van der Waals surface area contributed by atoms with Gasteiger partial charge in [-0.1, -0.05) is 6.07 Å². The predicted octanol–water partition coefficient (Wildman–Crippen LogP) is 3.53. The Morgan fingerprint density at radius 3 is 2.61 bits per heavy atom. The molecule has 1 amide bonds. The molecule has 1 N–H and O–H groups in total. The van der Waals surface area contributed by atoms with Gasteiger partial charge in [0.1, 0.15) is 5.82 Å². The Bertz CT molecular complexity index is 619. The largest absolute Gasteiger partial charge is 0.352 e. The van der Waals surface area contributed by atoms with E-state index in [4.69, 9.17) is 0 Å². The van der Waals surface area contributed by atoms with Crippen LogP contribution in [0.2, 0.25) is 0 Å². The Kier molecular flexibility index (Phi) is 5.41. The Morgan fingerprint density at radius 2 is 1.96 bits per heavy atom. The number of thiophene rings is 1. The van der Waals surface area contributed by atoms with Crippen LogP contribution in [0.15, 0.2) is 41.8 Å².